The maximum atomic E-state index is 12.2. The molecular formula is C19H16Cl2N4O4. The number of fused-ring (bicyclic) bond motifs is 1. The minimum atomic E-state index is -1.07. The minimum absolute atomic E-state index is 0.0567. The molecule has 10 heteroatoms. The molecular weight excluding hydrogens is 419 g/mol. The largest absolute Gasteiger partial charge is 0.453 e. The van der Waals surface area contributed by atoms with E-state index in [0.717, 1.165) is 0 Å². The van der Waals surface area contributed by atoms with Crippen LogP contribution in [0.1, 0.15) is 19.2 Å². The Kier molecular flexibility index (Phi) is 6.46. The van der Waals surface area contributed by atoms with Gasteiger partial charge in [0.2, 0.25) is 0 Å². The van der Waals surface area contributed by atoms with Crippen molar-refractivity contribution >= 4 is 51.8 Å². The Balaban J connectivity index is 1.56. The monoisotopic (exact) mass is 434 g/mol. The number of carbonyl (C=O) groups is 2. The van der Waals surface area contributed by atoms with Crippen LogP contribution < -0.4 is 10.9 Å². The highest BCUT2D eigenvalue weighted by Gasteiger charge is 2.19. The van der Waals surface area contributed by atoms with E-state index in [-0.39, 0.29) is 29.2 Å². The quantitative estimate of drug-likeness (QED) is 0.575. The first-order chi connectivity index (χ1) is 13.8. The molecule has 0 aliphatic heterocycles. The normalized spacial score (nSPS) is 11.8. The number of aromatic nitrogens is 3. The summed E-state index contributed by atoms with van der Waals surface area (Å²) in [5, 5.41) is 3.43. The zero-order chi connectivity index (χ0) is 21.0. The molecule has 1 amide bonds. The number of nitrogens with one attached hydrogen (secondary N) is 2. The number of hydrogen-bond acceptors (Lipinski definition) is 6. The lowest BCUT2D eigenvalue weighted by atomic mass is 10.2. The second-order valence-corrected chi connectivity index (χ2v) is 6.98. The Labute approximate surface area is 175 Å². The predicted octanol–water partition coefficient (Wildman–Crippen LogP) is 3.13. The van der Waals surface area contributed by atoms with Gasteiger partial charge in [-0.05, 0) is 25.1 Å². The minimum Gasteiger partial charge on any atom is -0.453 e. The predicted molar refractivity (Wildman–Crippen MR) is 109 cm³/mol. The molecule has 29 heavy (non-hydrogen) atoms. The number of para-hydroxylation sites is 1. The fraction of sp³-hybridized carbons (Fsp3) is 0.211. The number of nitrogens with zero attached hydrogens (tertiary/aromatic N) is 2. The van der Waals surface area contributed by atoms with Crippen molar-refractivity contribution in [2.75, 3.05) is 5.32 Å². The third-order valence-electron chi connectivity index (χ3n) is 3.95. The Morgan fingerprint density at radius 3 is 2.79 bits per heavy atom. The molecule has 8 nitrogen and oxygen atoms in total. The maximum Gasteiger partial charge on any atom is 0.307 e. The molecule has 2 N–H and O–H groups in total. The number of aromatic amines is 1. The fourth-order valence-electron chi connectivity index (χ4n) is 2.51. The summed E-state index contributed by atoms with van der Waals surface area (Å²) in [6, 6.07) is 8.33. The molecule has 3 aromatic rings. The van der Waals surface area contributed by atoms with Gasteiger partial charge in [0.15, 0.2) is 11.9 Å². The van der Waals surface area contributed by atoms with Crippen molar-refractivity contribution in [1.82, 2.24) is 15.0 Å². The van der Waals surface area contributed by atoms with Gasteiger partial charge in [0.25, 0.3) is 11.5 Å². The number of carbonyl (C=O) groups excluding carboxylic acids is 2. The summed E-state index contributed by atoms with van der Waals surface area (Å²) in [6.07, 6.45) is 0.368. The van der Waals surface area contributed by atoms with Crippen molar-refractivity contribution in [2.24, 2.45) is 0 Å². The lowest BCUT2D eigenvalue weighted by molar-refractivity contribution is -0.153. The Bertz CT molecular complexity index is 1130. The summed E-state index contributed by atoms with van der Waals surface area (Å²) in [5.74, 6) is -0.729. The third kappa shape index (κ3) is 5.30. The van der Waals surface area contributed by atoms with Gasteiger partial charge in [-0.3, -0.25) is 14.4 Å². The molecule has 150 valence electrons. The number of benzene rings is 1. The fourth-order valence-corrected chi connectivity index (χ4v) is 2.94. The van der Waals surface area contributed by atoms with Gasteiger partial charge >= 0.3 is 5.97 Å². The van der Waals surface area contributed by atoms with E-state index < -0.39 is 18.0 Å². The van der Waals surface area contributed by atoms with Crippen LogP contribution in [0.25, 0.3) is 10.9 Å². The number of aryl methyl sites for hydroxylation is 1. The van der Waals surface area contributed by atoms with Crippen LogP contribution in [0, 0.1) is 0 Å². The van der Waals surface area contributed by atoms with Crippen molar-refractivity contribution in [1.29, 1.82) is 0 Å². The van der Waals surface area contributed by atoms with Crippen molar-refractivity contribution < 1.29 is 14.3 Å². The van der Waals surface area contributed by atoms with Crippen LogP contribution in [0.2, 0.25) is 10.0 Å². The highest BCUT2D eigenvalue weighted by Crippen LogP contribution is 2.22. The second kappa shape index (κ2) is 9.02. The number of pyridine rings is 1. The number of esters is 1. The van der Waals surface area contributed by atoms with E-state index in [1.54, 1.807) is 24.3 Å². The van der Waals surface area contributed by atoms with Crippen LogP contribution in [0.4, 0.5) is 5.82 Å². The molecule has 1 aromatic carbocycles. The molecule has 2 aromatic heterocycles. The molecule has 0 aliphatic carbocycles. The molecule has 0 radical (unpaired) electrons. The van der Waals surface area contributed by atoms with E-state index >= 15 is 0 Å². The van der Waals surface area contributed by atoms with Gasteiger partial charge < -0.3 is 15.0 Å². The molecule has 3 rings (SSSR count). The van der Waals surface area contributed by atoms with E-state index in [2.05, 4.69) is 20.3 Å². The molecule has 0 spiro atoms. The Hall–Kier alpha value is -2.97. The number of amides is 1. The van der Waals surface area contributed by atoms with E-state index in [9.17, 15) is 14.4 Å². The van der Waals surface area contributed by atoms with Gasteiger partial charge in [-0.2, -0.15) is 0 Å². The summed E-state index contributed by atoms with van der Waals surface area (Å²) in [4.78, 5) is 47.1. The molecule has 0 saturated heterocycles. The molecule has 0 bridgehead atoms. The van der Waals surface area contributed by atoms with E-state index in [1.807, 2.05) is 0 Å². The van der Waals surface area contributed by atoms with E-state index in [4.69, 9.17) is 27.9 Å². The topological polar surface area (TPSA) is 114 Å². The van der Waals surface area contributed by atoms with Crippen LogP contribution in [0.3, 0.4) is 0 Å². The van der Waals surface area contributed by atoms with Gasteiger partial charge in [0, 0.05) is 12.6 Å². The standard InChI is InChI=1S/C19H16Cl2N4O4/c1-10(18(27)25-17-13(21)8-11(20)9-22-17)29-16(26)7-6-15-23-14-5-3-2-4-12(14)19(28)24-15/h2-5,8-10H,6-7H2,1H3,(H,22,25,27)(H,23,24,28)/t10-/m1/s1. The first kappa shape index (κ1) is 20.8. The van der Waals surface area contributed by atoms with Crippen LogP contribution in [0.5, 0.6) is 0 Å². The average molecular weight is 435 g/mol. The smallest absolute Gasteiger partial charge is 0.307 e. The number of halogens is 2. The van der Waals surface area contributed by atoms with Crippen LogP contribution in [-0.2, 0) is 20.7 Å². The number of H-pyrrole nitrogens is 1. The second-order valence-electron chi connectivity index (χ2n) is 6.14. The maximum absolute atomic E-state index is 12.2. The van der Waals surface area contributed by atoms with Crippen molar-refractivity contribution in [3.05, 3.63) is 62.8 Å². The van der Waals surface area contributed by atoms with Gasteiger partial charge in [-0.1, -0.05) is 35.3 Å². The Morgan fingerprint density at radius 2 is 2.03 bits per heavy atom. The Morgan fingerprint density at radius 1 is 1.28 bits per heavy atom. The van der Waals surface area contributed by atoms with Crippen LogP contribution >= 0.6 is 23.2 Å². The molecule has 1 atom stereocenters. The highest BCUT2D eigenvalue weighted by atomic mass is 35.5. The zero-order valence-corrected chi connectivity index (χ0v) is 16.8. The van der Waals surface area contributed by atoms with Gasteiger partial charge in [-0.25, -0.2) is 9.97 Å². The summed E-state index contributed by atoms with van der Waals surface area (Å²) >= 11 is 11.7. The molecule has 0 saturated carbocycles. The first-order valence-electron chi connectivity index (χ1n) is 8.63. The molecule has 2 heterocycles. The van der Waals surface area contributed by atoms with Crippen molar-refractivity contribution in [2.45, 2.75) is 25.9 Å². The summed E-state index contributed by atoms with van der Waals surface area (Å²) in [5.41, 5.74) is 0.263. The molecule has 0 unspecified atom stereocenters. The SMILES string of the molecule is C[C@@H](OC(=O)CCc1nc2ccccc2c(=O)[nH]1)C(=O)Nc1ncc(Cl)cc1Cl. The van der Waals surface area contributed by atoms with E-state index in [0.29, 0.717) is 21.7 Å². The number of anilines is 1. The zero-order valence-electron chi connectivity index (χ0n) is 15.2. The van der Waals surface area contributed by atoms with Crippen LogP contribution in [0.15, 0.2) is 41.3 Å². The summed E-state index contributed by atoms with van der Waals surface area (Å²) in [6.45, 7) is 1.42. The van der Waals surface area contributed by atoms with Crippen molar-refractivity contribution in [3.8, 4) is 0 Å². The third-order valence-corrected chi connectivity index (χ3v) is 4.45. The van der Waals surface area contributed by atoms with Gasteiger partial charge in [0.05, 0.1) is 27.4 Å². The number of rotatable bonds is 6. The summed E-state index contributed by atoms with van der Waals surface area (Å²) < 4.78 is 5.12. The molecule has 0 aliphatic rings. The lowest BCUT2D eigenvalue weighted by Gasteiger charge is -2.13. The van der Waals surface area contributed by atoms with Gasteiger partial charge in [0.1, 0.15) is 5.82 Å². The van der Waals surface area contributed by atoms with Crippen molar-refractivity contribution in [3.63, 3.8) is 0 Å². The lowest BCUT2D eigenvalue weighted by Crippen LogP contribution is -2.30. The number of ether oxygens (including phenoxy) is 1. The summed E-state index contributed by atoms with van der Waals surface area (Å²) in [7, 11) is 0. The molecule has 0 fully saturated rings. The van der Waals surface area contributed by atoms with E-state index in [1.165, 1.54) is 19.2 Å². The number of hydrogen-bond donors (Lipinski definition) is 2. The first-order valence-corrected chi connectivity index (χ1v) is 9.38. The van der Waals surface area contributed by atoms with Gasteiger partial charge in [-0.15, -0.1) is 0 Å². The highest BCUT2D eigenvalue weighted by molar-refractivity contribution is 6.36. The van der Waals surface area contributed by atoms with Crippen LogP contribution in [-0.4, -0.2) is 32.9 Å². The average Bonchev–Trinajstić information content (AvgIpc) is 2.68.